The van der Waals surface area contributed by atoms with Gasteiger partial charge in [-0.2, -0.15) is 0 Å². The molecule has 15 heavy (non-hydrogen) atoms. The molecular formula is C11H18N2OS. The fraction of sp³-hybridized carbons (Fsp3) is 0.455. The van der Waals surface area contributed by atoms with Crippen LogP contribution in [-0.2, 0) is 4.74 Å². The van der Waals surface area contributed by atoms with E-state index in [1.807, 2.05) is 25.2 Å². The lowest BCUT2D eigenvalue weighted by Gasteiger charge is -2.18. The summed E-state index contributed by atoms with van der Waals surface area (Å²) in [5.74, 6) is 6.50. The van der Waals surface area contributed by atoms with Crippen molar-refractivity contribution in [1.82, 2.24) is 5.01 Å². The van der Waals surface area contributed by atoms with Gasteiger partial charge in [-0.1, -0.05) is 18.2 Å². The Bertz CT molecular complexity index is 267. The first-order valence-corrected chi connectivity index (χ1v) is 5.87. The summed E-state index contributed by atoms with van der Waals surface area (Å²) in [6.45, 7) is 0.746. The molecule has 3 nitrogen and oxygen atoms in total. The molecule has 0 aromatic heterocycles. The van der Waals surface area contributed by atoms with E-state index < -0.39 is 0 Å². The highest BCUT2D eigenvalue weighted by Gasteiger charge is 2.09. The van der Waals surface area contributed by atoms with Crippen LogP contribution < -0.4 is 5.84 Å². The van der Waals surface area contributed by atoms with Crippen LogP contribution in [0.4, 0.5) is 0 Å². The van der Waals surface area contributed by atoms with Crippen LogP contribution >= 0.6 is 11.8 Å². The van der Waals surface area contributed by atoms with E-state index in [1.165, 1.54) is 4.90 Å². The number of nitrogens with two attached hydrogens (primary N) is 1. The number of benzene rings is 1. The highest BCUT2D eigenvalue weighted by Crippen LogP contribution is 2.18. The Kier molecular flexibility index (Phi) is 5.71. The van der Waals surface area contributed by atoms with E-state index in [0.717, 1.165) is 12.3 Å². The molecule has 0 spiro atoms. The first-order valence-electron chi connectivity index (χ1n) is 4.89. The minimum atomic E-state index is 0.171. The first-order chi connectivity index (χ1) is 7.22. The molecule has 0 bridgehead atoms. The van der Waals surface area contributed by atoms with Gasteiger partial charge in [-0.05, 0) is 12.1 Å². The Hall–Kier alpha value is -0.550. The van der Waals surface area contributed by atoms with Gasteiger partial charge >= 0.3 is 0 Å². The third-order valence-electron chi connectivity index (χ3n) is 2.00. The SMILES string of the molecule is COC(CSc1ccccc1)CN(C)N. The molecule has 0 aliphatic rings. The van der Waals surface area contributed by atoms with E-state index in [2.05, 4.69) is 12.1 Å². The molecule has 0 fully saturated rings. The highest BCUT2D eigenvalue weighted by molar-refractivity contribution is 7.99. The second-order valence-electron chi connectivity index (χ2n) is 3.42. The van der Waals surface area contributed by atoms with E-state index in [-0.39, 0.29) is 6.10 Å². The number of rotatable bonds is 6. The van der Waals surface area contributed by atoms with Crippen molar-refractivity contribution >= 4 is 11.8 Å². The molecule has 0 aliphatic heterocycles. The molecule has 0 saturated heterocycles. The number of hydrogen-bond donors (Lipinski definition) is 1. The van der Waals surface area contributed by atoms with Gasteiger partial charge in [0.05, 0.1) is 6.10 Å². The van der Waals surface area contributed by atoms with Crippen LogP contribution in [0.2, 0.25) is 0 Å². The number of hydrazine groups is 1. The minimum Gasteiger partial charge on any atom is -0.379 e. The number of thioether (sulfide) groups is 1. The lowest BCUT2D eigenvalue weighted by Crippen LogP contribution is -2.36. The number of nitrogens with zero attached hydrogens (tertiary/aromatic N) is 1. The fourth-order valence-corrected chi connectivity index (χ4v) is 2.19. The average Bonchev–Trinajstić information content (AvgIpc) is 2.25. The van der Waals surface area contributed by atoms with Crippen LogP contribution in [0, 0.1) is 0 Å². The molecule has 84 valence electrons. The second kappa shape index (κ2) is 6.85. The van der Waals surface area contributed by atoms with E-state index in [9.17, 15) is 0 Å². The maximum absolute atomic E-state index is 5.58. The number of hydrogen-bond acceptors (Lipinski definition) is 4. The normalized spacial score (nSPS) is 13.1. The number of methoxy groups -OCH3 is 1. The Morgan fingerprint density at radius 2 is 2.07 bits per heavy atom. The first kappa shape index (κ1) is 12.5. The van der Waals surface area contributed by atoms with E-state index >= 15 is 0 Å². The molecule has 0 aliphatic carbocycles. The van der Waals surface area contributed by atoms with Crippen molar-refractivity contribution in [2.75, 3.05) is 26.5 Å². The van der Waals surface area contributed by atoms with Crippen molar-refractivity contribution in [3.05, 3.63) is 30.3 Å². The zero-order valence-electron chi connectivity index (χ0n) is 9.22. The van der Waals surface area contributed by atoms with E-state index in [1.54, 1.807) is 23.9 Å². The monoisotopic (exact) mass is 226 g/mol. The van der Waals surface area contributed by atoms with E-state index in [0.29, 0.717) is 0 Å². The van der Waals surface area contributed by atoms with Gasteiger partial charge in [0.1, 0.15) is 0 Å². The second-order valence-corrected chi connectivity index (χ2v) is 4.51. The van der Waals surface area contributed by atoms with Crippen molar-refractivity contribution in [1.29, 1.82) is 0 Å². The van der Waals surface area contributed by atoms with E-state index in [4.69, 9.17) is 10.6 Å². The topological polar surface area (TPSA) is 38.5 Å². The van der Waals surface area contributed by atoms with Crippen LogP contribution in [0.3, 0.4) is 0 Å². The Morgan fingerprint density at radius 3 is 2.60 bits per heavy atom. The third kappa shape index (κ3) is 5.18. The molecule has 0 radical (unpaired) electrons. The van der Waals surface area contributed by atoms with Crippen molar-refractivity contribution in [3.63, 3.8) is 0 Å². The largest absolute Gasteiger partial charge is 0.379 e. The zero-order valence-corrected chi connectivity index (χ0v) is 10.0. The lowest BCUT2D eigenvalue weighted by molar-refractivity contribution is 0.0894. The average molecular weight is 226 g/mol. The molecule has 1 rings (SSSR count). The Balaban J connectivity index is 2.34. The Morgan fingerprint density at radius 1 is 1.40 bits per heavy atom. The molecule has 1 atom stereocenters. The quantitative estimate of drug-likeness (QED) is 0.454. The van der Waals surface area contributed by atoms with Crippen molar-refractivity contribution < 1.29 is 4.74 Å². The van der Waals surface area contributed by atoms with Crippen molar-refractivity contribution in [3.8, 4) is 0 Å². The van der Waals surface area contributed by atoms with Crippen LogP contribution in [0.1, 0.15) is 0 Å². The van der Waals surface area contributed by atoms with Crippen LogP contribution in [-0.4, -0.2) is 37.6 Å². The molecule has 1 aromatic carbocycles. The summed E-state index contributed by atoms with van der Waals surface area (Å²) in [5, 5.41) is 1.65. The van der Waals surface area contributed by atoms with Crippen molar-refractivity contribution in [2.24, 2.45) is 5.84 Å². The molecule has 1 aromatic rings. The third-order valence-corrected chi connectivity index (χ3v) is 3.15. The van der Waals surface area contributed by atoms with Gasteiger partial charge in [-0.25, -0.2) is 5.01 Å². The van der Waals surface area contributed by atoms with Gasteiger partial charge in [-0.3, -0.25) is 5.84 Å². The van der Waals surface area contributed by atoms with Crippen LogP contribution in [0.15, 0.2) is 35.2 Å². The number of ether oxygens (including phenoxy) is 1. The molecular weight excluding hydrogens is 208 g/mol. The van der Waals surface area contributed by atoms with Gasteiger partial charge < -0.3 is 4.74 Å². The predicted octanol–water partition coefficient (Wildman–Crippen LogP) is 1.60. The van der Waals surface area contributed by atoms with Crippen LogP contribution in [0.25, 0.3) is 0 Å². The molecule has 0 heterocycles. The standard InChI is InChI=1S/C11H18N2OS/c1-13(12)8-10(14-2)9-15-11-6-4-3-5-7-11/h3-7,10H,8-9,12H2,1-2H3. The smallest absolute Gasteiger partial charge is 0.0805 e. The molecule has 0 amide bonds. The summed E-state index contributed by atoms with van der Waals surface area (Å²) in [4.78, 5) is 1.26. The Labute approximate surface area is 95.6 Å². The van der Waals surface area contributed by atoms with Crippen LogP contribution in [0.5, 0.6) is 0 Å². The summed E-state index contributed by atoms with van der Waals surface area (Å²) in [6.07, 6.45) is 0.171. The number of likely N-dealkylation sites (N-methyl/N-ethyl adjacent to an activating group) is 1. The summed E-state index contributed by atoms with van der Waals surface area (Å²) in [6, 6.07) is 10.3. The lowest BCUT2D eigenvalue weighted by atomic mass is 10.4. The summed E-state index contributed by atoms with van der Waals surface area (Å²) in [7, 11) is 3.57. The van der Waals surface area contributed by atoms with Gasteiger partial charge in [0.2, 0.25) is 0 Å². The van der Waals surface area contributed by atoms with Crippen molar-refractivity contribution in [2.45, 2.75) is 11.0 Å². The molecule has 2 N–H and O–H groups in total. The molecule has 4 heteroatoms. The highest BCUT2D eigenvalue weighted by atomic mass is 32.2. The van der Waals surface area contributed by atoms with Gasteiger partial charge in [0.15, 0.2) is 0 Å². The molecule has 1 unspecified atom stereocenters. The van der Waals surface area contributed by atoms with Gasteiger partial charge in [0, 0.05) is 31.4 Å². The van der Waals surface area contributed by atoms with Gasteiger partial charge in [0.25, 0.3) is 0 Å². The summed E-state index contributed by atoms with van der Waals surface area (Å²) >= 11 is 1.79. The van der Waals surface area contributed by atoms with Gasteiger partial charge in [-0.15, -0.1) is 11.8 Å². The molecule has 0 saturated carbocycles. The maximum Gasteiger partial charge on any atom is 0.0805 e. The minimum absolute atomic E-state index is 0.171. The summed E-state index contributed by atoms with van der Waals surface area (Å²) in [5.41, 5.74) is 0. The maximum atomic E-state index is 5.58. The summed E-state index contributed by atoms with van der Waals surface area (Å²) < 4.78 is 5.34. The zero-order chi connectivity index (χ0) is 11.1. The fourth-order valence-electron chi connectivity index (χ4n) is 1.22. The predicted molar refractivity (Wildman–Crippen MR) is 64.8 cm³/mol.